The number of hydrogen-bond donors (Lipinski definition) is 1. The standard InChI is InChI=1S/C13H25N3/c14-11-4-7-15(8-5-11)13-6-9-16(10-13)12-2-1-3-12/h11-13H,1-10,14H2. The SMILES string of the molecule is NC1CCN(C2CCN(C3CCC3)C2)CC1. The first-order valence-electron chi connectivity index (χ1n) is 7.06. The van der Waals surface area contributed by atoms with Crippen LogP contribution in [-0.2, 0) is 0 Å². The molecule has 3 aliphatic rings. The van der Waals surface area contributed by atoms with Crippen LogP contribution in [0.1, 0.15) is 38.5 Å². The van der Waals surface area contributed by atoms with Gasteiger partial charge in [-0.1, -0.05) is 6.42 Å². The third-order valence-corrected chi connectivity index (χ3v) is 4.88. The maximum atomic E-state index is 5.96. The molecule has 0 bridgehead atoms. The van der Waals surface area contributed by atoms with Gasteiger partial charge in [0.1, 0.15) is 0 Å². The Morgan fingerprint density at radius 2 is 1.44 bits per heavy atom. The van der Waals surface area contributed by atoms with Crippen LogP contribution in [0.3, 0.4) is 0 Å². The molecule has 2 aliphatic heterocycles. The molecule has 2 heterocycles. The van der Waals surface area contributed by atoms with Gasteiger partial charge in [0.25, 0.3) is 0 Å². The second-order valence-electron chi connectivity index (χ2n) is 5.90. The van der Waals surface area contributed by atoms with Crippen LogP contribution in [0.25, 0.3) is 0 Å². The van der Waals surface area contributed by atoms with Crippen molar-refractivity contribution in [3.63, 3.8) is 0 Å². The number of likely N-dealkylation sites (tertiary alicyclic amines) is 2. The molecule has 92 valence electrons. The van der Waals surface area contributed by atoms with Gasteiger partial charge < -0.3 is 5.73 Å². The van der Waals surface area contributed by atoms with Gasteiger partial charge in [-0.2, -0.15) is 0 Å². The highest BCUT2D eigenvalue weighted by Crippen LogP contribution is 2.29. The third-order valence-electron chi connectivity index (χ3n) is 4.88. The molecule has 3 nitrogen and oxygen atoms in total. The Morgan fingerprint density at radius 3 is 2.06 bits per heavy atom. The Labute approximate surface area is 99.0 Å². The van der Waals surface area contributed by atoms with Crippen molar-refractivity contribution in [1.82, 2.24) is 9.80 Å². The zero-order valence-electron chi connectivity index (χ0n) is 10.3. The number of hydrogen-bond acceptors (Lipinski definition) is 3. The molecule has 2 N–H and O–H groups in total. The van der Waals surface area contributed by atoms with Crippen LogP contribution < -0.4 is 5.73 Å². The highest BCUT2D eigenvalue weighted by atomic mass is 15.3. The predicted octanol–water partition coefficient (Wildman–Crippen LogP) is 1.04. The highest BCUT2D eigenvalue weighted by molar-refractivity contribution is 4.91. The van der Waals surface area contributed by atoms with Crippen molar-refractivity contribution in [3.8, 4) is 0 Å². The first-order chi connectivity index (χ1) is 7.83. The van der Waals surface area contributed by atoms with Crippen LogP contribution >= 0.6 is 0 Å². The summed E-state index contributed by atoms with van der Waals surface area (Å²) in [7, 11) is 0. The lowest BCUT2D eigenvalue weighted by Gasteiger charge is -2.37. The largest absolute Gasteiger partial charge is 0.328 e. The van der Waals surface area contributed by atoms with E-state index in [0.29, 0.717) is 6.04 Å². The maximum Gasteiger partial charge on any atom is 0.0235 e. The summed E-state index contributed by atoms with van der Waals surface area (Å²) in [6.07, 6.45) is 8.19. The Hall–Kier alpha value is -0.120. The second-order valence-corrected chi connectivity index (χ2v) is 5.90. The van der Waals surface area contributed by atoms with E-state index in [0.717, 1.165) is 12.1 Å². The minimum atomic E-state index is 0.473. The predicted molar refractivity (Wildman–Crippen MR) is 66.4 cm³/mol. The Bertz CT molecular complexity index is 231. The van der Waals surface area contributed by atoms with E-state index < -0.39 is 0 Å². The van der Waals surface area contributed by atoms with Crippen LogP contribution in [0.15, 0.2) is 0 Å². The Morgan fingerprint density at radius 1 is 0.750 bits per heavy atom. The third kappa shape index (κ3) is 2.13. The quantitative estimate of drug-likeness (QED) is 0.759. The zero-order valence-corrected chi connectivity index (χ0v) is 10.3. The van der Waals surface area contributed by atoms with Crippen LogP contribution in [-0.4, -0.2) is 54.1 Å². The van der Waals surface area contributed by atoms with Crippen LogP contribution in [0, 0.1) is 0 Å². The van der Waals surface area contributed by atoms with Gasteiger partial charge in [0, 0.05) is 31.2 Å². The molecule has 3 rings (SSSR count). The van der Waals surface area contributed by atoms with Gasteiger partial charge in [-0.25, -0.2) is 0 Å². The molecule has 0 radical (unpaired) electrons. The van der Waals surface area contributed by atoms with E-state index in [1.165, 1.54) is 64.7 Å². The van der Waals surface area contributed by atoms with Gasteiger partial charge in [-0.3, -0.25) is 9.80 Å². The monoisotopic (exact) mass is 223 g/mol. The van der Waals surface area contributed by atoms with Crippen molar-refractivity contribution in [2.45, 2.75) is 56.7 Å². The van der Waals surface area contributed by atoms with Gasteiger partial charge in [-0.15, -0.1) is 0 Å². The minimum Gasteiger partial charge on any atom is -0.328 e. The van der Waals surface area contributed by atoms with Crippen molar-refractivity contribution in [3.05, 3.63) is 0 Å². The summed E-state index contributed by atoms with van der Waals surface area (Å²) >= 11 is 0. The van der Waals surface area contributed by atoms with Crippen molar-refractivity contribution in [2.24, 2.45) is 5.73 Å². The number of piperidine rings is 1. The van der Waals surface area contributed by atoms with Gasteiger partial charge in [-0.05, 0) is 45.2 Å². The van der Waals surface area contributed by atoms with E-state index in [-0.39, 0.29) is 0 Å². The number of nitrogens with two attached hydrogens (primary N) is 1. The topological polar surface area (TPSA) is 32.5 Å². The molecule has 0 spiro atoms. The fourth-order valence-electron chi connectivity index (χ4n) is 3.43. The second kappa shape index (κ2) is 4.63. The average Bonchev–Trinajstić information content (AvgIpc) is 2.65. The molecule has 0 aromatic rings. The molecule has 0 aromatic carbocycles. The molecular formula is C13H25N3. The van der Waals surface area contributed by atoms with Crippen molar-refractivity contribution >= 4 is 0 Å². The van der Waals surface area contributed by atoms with Gasteiger partial charge in [0.2, 0.25) is 0 Å². The number of nitrogens with zero attached hydrogens (tertiary/aromatic N) is 2. The zero-order chi connectivity index (χ0) is 11.0. The van der Waals surface area contributed by atoms with E-state index in [1.807, 2.05) is 0 Å². The van der Waals surface area contributed by atoms with Crippen molar-refractivity contribution in [1.29, 1.82) is 0 Å². The van der Waals surface area contributed by atoms with E-state index in [4.69, 9.17) is 5.73 Å². The highest BCUT2D eigenvalue weighted by Gasteiger charge is 2.34. The summed E-state index contributed by atoms with van der Waals surface area (Å²) in [5.41, 5.74) is 5.96. The van der Waals surface area contributed by atoms with Crippen molar-refractivity contribution in [2.75, 3.05) is 26.2 Å². The summed E-state index contributed by atoms with van der Waals surface area (Å²) < 4.78 is 0. The van der Waals surface area contributed by atoms with Crippen molar-refractivity contribution < 1.29 is 0 Å². The molecule has 1 aliphatic carbocycles. The summed E-state index contributed by atoms with van der Waals surface area (Å²) in [4.78, 5) is 5.44. The molecule has 1 atom stereocenters. The first-order valence-corrected chi connectivity index (χ1v) is 7.06. The molecule has 1 unspecified atom stereocenters. The molecule has 2 saturated heterocycles. The number of rotatable bonds is 2. The molecular weight excluding hydrogens is 198 g/mol. The molecule has 16 heavy (non-hydrogen) atoms. The minimum absolute atomic E-state index is 0.473. The van der Waals surface area contributed by atoms with Crippen LogP contribution in [0.4, 0.5) is 0 Å². The molecule has 0 aromatic heterocycles. The lowest BCUT2D eigenvalue weighted by atomic mass is 9.92. The van der Waals surface area contributed by atoms with Crippen LogP contribution in [0.2, 0.25) is 0 Å². The van der Waals surface area contributed by atoms with E-state index in [9.17, 15) is 0 Å². The summed E-state index contributed by atoms with van der Waals surface area (Å²) in [6.45, 7) is 5.16. The smallest absolute Gasteiger partial charge is 0.0235 e. The fourth-order valence-corrected chi connectivity index (χ4v) is 3.43. The first kappa shape index (κ1) is 11.0. The van der Waals surface area contributed by atoms with E-state index in [1.54, 1.807) is 0 Å². The summed E-state index contributed by atoms with van der Waals surface area (Å²) in [5, 5.41) is 0. The lowest BCUT2D eigenvalue weighted by molar-refractivity contribution is 0.121. The van der Waals surface area contributed by atoms with Gasteiger partial charge >= 0.3 is 0 Å². The molecule has 1 saturated carbocycles. The summed E-state index contributed by atoms with van der Waals surface area (Å²) in [5.74, 6) is 0. The van der Waals surface area contributed by atoms with Gasteiger partial charge in [0.15, 0.2) is 0 Å². The average molecular weight is 223 g/mol. The molecule has 3 heteroatoms. The molecule has 0 amide bonds. The fraction of sp³-hybridized carbons (Fsp3) is 1.00. The Balaban J connectivity index is 1.49. The molecule has 3 fully saturated rings. The van der Waals surface area contributed by atoms with Crippen LogP contribution in [0.5, 0.6) is 0 Å². The van der Waals surface area contributed by atoms with E-state index in [2.05, 4.69) is 9.80 Å². The summed E-state index contributed by atoms with van der Waals surface area (Å²) in [6, 6.07) is 2.26. The van der Waals surface area contributed by atoms with Gasteiger partial charge in [0.05, 0.1) is 0 Å². The normalized spacial score (nSPS) is 35.4. The maximum absolute atomic E-state index is 5.96. The Kier molecular flexibility index (Phi) is 3.18. The van der Waals surface area contributed by atoms with E-state index >= 15 is 0 Å². The lowest BCUT2D eigenvalue weighted by Crippen LogP contribution is -2.47.